The Labute approximate surface area is 99.7 Å². The summed E-state index contributed by atoms with van der Waals surface area (Å²) < 4.78 is 2.12. The Morgan fingerprint density at radius 2 is 2.12 bits per heavy atom. The van der Waals surface area contributed by atoms with Crippen molar-refractivity contribution in [2.45, 2.75) is 25.0 Å². The first-order valence-corrected chi connectivity index (χ1v) is 6.15. The predicted octanol–water partition coefficient (Wildman–Crippen LogP) is 2.22. The number of fused-ring (bicyclic) bond motifs is 3. The molecule has 86 valence electrons. The van der Waals surface area contributed by atoms with Crippen LogP contribution in [0.2, 0.25) is 0 Å². The summed E-state index contributed by atoms with van der Waals surface area (Å²) in [5.74, 6) is 0.474. The van der Waals surface area contributed by atoms with Crippen molar-refractivity contribution in [3.63, 3.8) is 0 Å². The van der Waals surface area contributed by atoms with Gasteiger partial charge in [-0.15, -0.1) is 0 Å². The Bertz CT molecular complexity index is 571. The van der Waals surface area contributed by atoms with E-state index < -0.39 is 0 Å². The number of aliphatic hydroxyl groups is 1. The fourth-order valence-corrected chi connectivity index (χ4v) is 2.92. The Balaban J connectivity index is 1.89. The fraction of sp³-hybridized carbons (Fsp3) is 0.357. The first-order chi connectivity index (χ1) is 8.36. The van der Waals surface area contributed by atoms with Crippen molar-refractivity contribution < 1.29 is 5.11 Å². The van der Waals surface area contributed by atoms with E-state index in [1.54, 1.807) is 0 Å². The molecule has 0 amide bonds. The van der Waals surface area contributed by atoms with Crippen LogP contribution in [0.4, 0.5) is 0 Å². The molecule has 1 N–H and O–H groups in total. The second-order valence-electron chi connectivity index (χ2n) is 5.05. The highest BCUT2D eigenvalue weighted by Gasteiger charge is 2.41. The molecular formula is C14H14N2O. The number of nitrogens with zero attached hydrogens (tertiary/aromatic N) is 2. The molecule has 0 radical (unpaired) electrons. The lowest BCUT2D eigenvalue weighted by atomic mass is 9.97. The lowest BCUT2D eigenvalue weighted by Crippen LogP contribution is -2.24. The van der Waals surface area contributed by atoms with Crippen LogP contribution in [0.5, 0.6) is 0 Å². The van der Waals surface area contributed by atoms with Crippen LogP contribution in [0, 0.1) is 5.92 Å². The standard InChI is InChI=1S/C14H14N2O/c17-14(9-5-6-9)13-11-4-2-1-3-10(11)12-7-15-8-16(12)13/h1-4,7-9,13-14,17H,5-6H2/t13-,14?/m1/s1. The summed E-state index contributed by atoms with van der Waals surface area (Å²) in [7, 11) is 0. The number of hydrogen-bond acceptors (Lipinski definition) is 2. The molecule has 1 unspecified atom stereocenters. The van der Waals surface area contributed by atoms with Crippen molar-refractivity contribution in [2.75, 3.05) is 0 Å². The van der Waals surface area contributed by atoms with E-state index >= 15 is 0 Å². The zero-order chi connectivity index (χ0) is 11.4. The van der Waals surface area contributed by atoms with Gasteiger partial charge in [0, 0.05) is 5.56 Å². The van der Waals surface area contributed by atoms with Crippen LogP contribution in [0.1, 0.15) is 24.4 Å². The van der Waals surface area contributed by atoms with Crippen molar-refractivity contribution in [3.05, 3.63) is 42.4 Å². The van der Waals surface area contributed by atoms with Crippen LogP contribution in [-0.4, -0.2) is 20.8 Å². The monoisotopic (exact) mass is 226 g/mol. The topological polar surface area (TPSA) is 38.1 Å². The van der Waals surface area contributed by atoms with Crippen LogP contribution >= 0.6 is 0 Å². The lowest BCUT2D eigenvalue weighted by molar-refractivity contribution is 0.111. The van der Waals surface area contributed by atoms with E-state index in [-0.39, 0.29) is 12.1 Å². The van der Waals surface area contributed by atoms with Gasteiger partial charge in [0.05, 0.1) is 30.4 Å². The average Bonchev–Trinajstić information content (AvgIpc) is 3.01. The maximum absolute atomic E-state index is 10.5. The molecule has 0 saturated heterocycles. The molecule has 1 aromatic heterocycles. The Kier molecular flexibility index (Phi) is 1.77. The van der Waals surface area contributed by atoms with Gasteiger partial charge in [-0.2, -0.15) is 0 Å². The number of hydrogen-bond donors (Lipinski definition) is 1. The summed E-state index contributed by atoms with van der Waals surface area (Å²) in [5.41, 5.74) is 3.59. The van der Waals surface area contributed by atoms with Crippen molar-refractivity contribution in [2.24, 2.45) is 5.92 Å². The Morgan fingerprint density at radius 1 is 1.29 bits per heavy atom. The third-order valence-corrected chi connectivity index (χ3v) is 3.95. The molecule has 1 aromatic carbocycles. The molecule has 17 heavy (non-hydrogen) atoms. The molecule has 2 atom stereocenters. The zero-order valence-corrected chi connectivity index (χ0v) is 9.45. The summed E-state index contributed by atoms with van der Waals surface area (Å²) in [6.07, 6.45) is 5.77. The summed E-state index contributed by atoms with van der Waals surface area (Å²) >= 11 is 0. The quantitative estimate of drug-likeness (QED) is 0.852. The number of aromatic nitrogens is 2. The normalized spacial score (nSPS) is 23.2. The maximum atomic E-state index is 10.5. The smallest absolute Gasteiger partial charge is 0.0957 e. The minimum absolute atomic E-state index is 0.0659. The molecule has 4 rings (SSSR count). The average molecular weight is 226 g/mol. The summed E-state index contributed by atoms with van der Waals surface area (Å²) in [6, 6.07) is 8.39. The van der Waals surface area contributed by atoms with Gasteiger partial charge in [-0.1, -0.05) is 24.3 Å². The minimum atomic E-state index is -0.272. The van der Waals surface area contributed by atoms with Crippen LogP contribution in [0.15, 0.2) is 36.8 Å². The van der Waals surface area contributed by atoms with Gasteiger partial charge in [-0.25, -0.2) is 4.98 Å². The van der Waals surface area contributed by atoms with Crippen molar-refractivity contribution in [1.82, 2.24) is 9.55 Å². The lowest BCUT2D eigenvalue weighted by Gasteiger charge is -2.21. The summed E-state index contributed by atoms with van der Waals surface area (Å²) in [6.45, 7) is 0. The summed E-state index contributed by atoms with van der Waals surface area (Å²) in [5, 5.41) is 10.5. The highest BCUT2D eigenvalue weighted by atomic mass is 16.3. The number of benzene rings is 1. The molecule has 1 aliphatic carbocycles. The Morgan fingerprint density at radius 3 is 2.94 bits per heavy atom. The van der Waals surface area contributed by atoms with Gasteiger partial charge in [0.2, 0.25) is 0 Å². The molecule has 1 fully saturated rings. The van der Waals surface area contributed by atoms with E-state index in [1.165, 1.54) is 11.1 Å². The van der Waals surface area contributed by atoms with E-state index in [0.717, 1.165) is 18.5 Å². The first-order valence-electron chi connectivity index (χ1n) is 6.15. The molecule has 3 heteroatoms. The van der Waals surface area contributed by atoms with E-state index in [4.69, 9.17) is 0 Å². The first kappa shape index (κ1) is 9.42. The van der Waals surface area contributed by atoms with Crippen LogP contribution in [0.3, 0.4) is 0 Å². The molecule has 2 aromatic rings. The highest BCUT2D eigenvalue weighted by molar-refractivity contribution is 5.69. The SMILES string of the molecule is OC(C1CC1)[C@H]1c2ccccc2-c2cncn21. The highest BCUT2D eigenvalue weighted by Crippen LogP contribution is 2.46. The van der Waals surface area contributed by atoms with E-state index in [9.17, 15) is 5.11 Å². The van der Waals surface area contributed by atoms with E-state index in [2.05, 4.69) is 21.7 Å². The van der Waals surface area contributed by atoms with Gasteiger partial charge in [0.1, 0.15) is 0 Å². The maximum Gasteiger partial charge on any atom is 0.0957 e. The zero-order valence-electron chi connectivity index (χ0n) is 9.45. The molecule has 1 saturated carbocycles. The second kappa shape index (κ2) is 3.20. The molecular weight excluding hydrogens is 212 g/mol. The van der Waals surface area contributed by atoms with Gasteiger partial charge in [0.15, 0.2) is 0 Å². The molecule has 2 aliphatic rings. The summed E-state index contributed by atoms with van der Waals surface area (Å²) in [4.78, 5) is 4.21. The predicted molar refractivity (Wildman–Crippen MR) is 64.5 cm³/mol. The van der Waals surface area contributed by atoms with Crippen LogP contribution in [-0.2, 0) is 0 Å². The number of rotatable bonds is 2. The molecule has 2 heterocycles. The second-order valence-corrected chi connectivity index (χ2v) is 5.05. The van der Waals surface area contributed by atoms with Gasteiger partial charge in [-0.05, 0) is 24.3 Å². The van der Waals surface area contributed by atoms with Gasteiger partial charge < -0.3 is 9.67 Å². The third kappa shape index (κ3) is 1.23. The van der Waals surface area contributed by atoms with Crippen LogP contribution < -0.4 is 0 Å². The molecule has 1 aliphatic heterocycles. The molecule has 0 bridgehead atoms. The third-order valence-electron chi connectivity index (χ3n) is 3.95. The van der Waals surface area contributed by atoms with Crippen molar-refractivity contribution >= 4 is 0 Å². The van der Waals surface area contributed by atoms with Crippen molar-refractivity contribution in [3.8, 4) is 11.3 Å². The van der Waals surface area contributed by atoms with E-state index in [0.29, 0.717) is 5.92 Å². The Hall–Kier alpha value is -1.61. The number of aliphatic hydroxyl groups excluding tert-OH is 1. The molecule has 3 nitrogen and oxygen atoms in total. The van der Waals surface area contributed by atoms with Gasteiger partial charge in [0.25, 0.3) is 0 Å². The minimum Gasteiger partial charge on any atom is -0.390 e. The van der Waals surface area contributed by atoms with Crippen LogP contribution in [0.25, 0.3) is 11.3 Å². The van der Waals surface area contributed by atoms with Crippen molar-refractivity contribution in [1.29, 1.82) is 0 Å². The van der Waals surface area contributed by atoms with Gasteiger partial charge in [-0.3, -0.25) is 0 Å². The molecule has 0 spiro atoms. The largest absolute Gasteiger partial charge is 0.390 e. The fourth-order valence-electron chi connectivity index (χ4n) is 2.92. The van der Waals surface area contributed by atoms with E-state index in [1.807, 2.05) is 24.7 Å². The number of imidazole rings is 1. The van der Waals surface area contributed by atoms with Gasteiger partial charge >= 0.3 is 0 Å².